The van der Waals surface area contributed by atoms with Gasteiger partial charge in [-0.3, -0.25) is 14.3 Å². The van der Waals surface area contributed by atoms with E-state index in [0.29, 0.717) is 23.2 Å². The number of carbonyl (C=O) groups is 1. The Hall–Kier alpha value is -2.68. The summed E-state index contributed by atoms with van der Waals surface area (Å²) in [6.07, 6.45) is 6.42. The summed E-state index contributed by atoms with van der Waals surface area (Å²) in [4.78, 5) is 19.8. The molecule has 0 fully saturated rings. The molecule has 23 heavy (non-hydrogen) atoms. The van der Waals surface area contributed by atoms with E-state index in [1.165, 1.54) is 11.8 Å². The van der Waals surface area contributed by atoms with E-state index in [1.807, 2.05) is 16.7 Å². The first kappa shape index (κ1) is 15.2. The van der Waals surface area contributed by atoms with Gasteiger partial charge < -0.3 is 9.73 Å². The van der Waals surface area contributed by atoms with Crippen molar-refractivity contribution in [3.05, 3.63) is 42.7 Å². The van der Waals surface area contributed by atoms with E-state index in [9.17, 15) is 4.79 Å². The first-order valence-electron chi connectivity index (χ1n) is 6.83. The standard InChI is InChI=1S/C14H14N6O2S/c1-15-12(21)9-23-14-19-18-13(11-7-16-4-5-17-11)20(14)8-10-3-2-6-22-10/h2-7H,8-9H2,1H3,(H,15,21). The van der Waals surface area contributed by atoms with Crippen molar-refractivity contribution < 1.29 is 9.21 Å². The molecule has 8 nitrogen and oxygen atoms in total. The van der Waals surface area contributed by atoms with E-state index in [4.69, 9.17) is 4.42 Å². The predicted octanol–water partition coefficient (Wildman–Crippen LogP) is 1.21. The number of nitrogens with zero attached hydrogens (tertiary/aromatic N) is 5. The molecule has 0 aliphatic rings. The van der Waals surface area contributed by atoms with Crippen molar-refractivity contribution >= 4 is 17.7 Å². The Bertz CT molecular complexity index is 772. The summed E-state index contributed by atoms with van der Waals surface area (Å²) >= 11 is 1.30. The number of furan rings is 1. The molecule has 0 atom stereocenters. The lowest BCUT2D eigenvalue weighted by Gasteiger charge is -2.07. The molecule has 3 heterocycles. The highest BCUT2D eigenvalue weighted by Crippen LogP contribution is 2.23. The van der Waals surface area contributed by atoms with Crippen molar-refractivity contribution in [2.45, 2.75) is 11.7 Å². The smallest absolute Gasteiger partial charge is 0.230 e. The fourth-order valence-electron chi connectivity index (χ4n) is 1.90. The van der Waals surface area contributed by atoms with Crippen molar-refractivity contribution in [3.63, 3.8) is 0 Å². The van der Waals surface area contributed by atoms with Gasteiger partial charge in [0.05, 0.1) is 24.8 Å². The van der Waals surface area contributed by atoms with Crippen LogP contribution in [-0.4, -0.2) is 43.4 Å². The molecule has 0 unspecified atom stereocenters. The van der Waals surface area contributed by atoms with E-state index in [-0.39, 0.29) is 11.7 Å². The second-order valence-corrected chi connectivity index (χ2v) is 5.47. The second-order valence-electron chi connectivity index (χ2n) is 4.52. The maximum Gasteiger partial charge on any atom is 0.230 e. The topological polar surface area (TPSA) is 98.7 Å². The van der Waals surface area contributed by atoms with E-state index < -0.39 is 0 Å². The van der Waals surface area contributed by atoms with Gasteiger partial charge in [-0.2, -0.15) is 0 Å². The Kier molecular flexibility index (Phi) is 4.67. The molecule has 0 radical (unpaired) electrons. The molecule has 0 aliphatic heterocycles. The van der Waals surface area contributed by atoms with E-state index in [2.05, 4.69) is 25.5 Å². The highest BCUT2D eigenvalue weighted by molar-refractivity contribution is 7.99. The molecular weight excluding hydrogens is 316 g/mol. The highest BCUT2D eigenvalue weighted by Gasteiger charge is 2.17. The van der Waals surface area contributed by atoms with Gasteiger partial charge in [-0.15, -0.1) is 10.2 Å². The molecule has 1 N–H and O–H groups in total. The van der Waals surface area contributed by atoms with Crippen molar-refractivity contribution in [3.8, 4) is 11.5 Å². The molecule has 3 aromatic rings. The fourth-order valence-corrected chi connectivity index (χ4v) is 2.71. The van der Waals surface area contributed by atoms with Crippen LogP contribution in [0.5, 0.6) is 0 Å². The van der Waals surface area contributed by atoms with Crippen molar-refractivity contribution in [2.24, 2.45) is 0 Å². The zero-order valence-electron chi connectivity index (χ0n) is 12.3. The van der Waals surface area contributed by atoms with Crippen LogP contribution in [0.3, 0.4) is 0 Å². The molecule has 0 aliphatic carbocycles. The molecule has 0 spiro atoms. The first-order chi connectivity index (χ1) is 11.3. The van der Waals surface area contributed by atoms with Gasteiger partial charge in [0.25, 0.3) is 0 Å². The summed E-state index contributed by atoms with van der Waals surface area (Å²) in [5, 5.41) is 11.5. The third kappa shape index (κ3) is 3.57. The number of carbonyl (C=O) groups excluding carboxylic acids is 1. The molecule has 0 aromatic carbocycles. The van der Waals surface area contributed by atoms with Crippen molar-refractivity contribution in [2.75, 3.05) is 12.8 Å². The average Bonchev–Trinajstić information content (AvgIpc) is 3.24. The molecule has 3 rings (SSSR count). The van der Waals surface area contributed by atoms with Crippen LogP contribution in [0, 0.1) is 0 Å². The molecule has 0 saturated heterocycles. The summed E-state index contributed by atoms with van der Waals surface area (Å²) in [7, 11) is 1.60. The zero-order chi connectivity index (χ0) is 16.1. The SMILES string of the molecule is CNC(=O)CSc1nnc(-c2cnccn2)n1Cc1ccco1. The van der Waals surface area contributed by atoms with Crippen LogP contribution >= 0.6 is 11.8 Å². The summed E-state index contributed by atoms with van der Waals surface area (Å²) in [5.41, 5.74) is 0.610. The third-order valence-electron chi connectivity index (χ3n) is 3.01. The molecule has 9 heteroatoms. The summed E-state index contributed by atoms with van der Waals surface area (Å²) < 4.78 is 7.26. The number of hydrogen-bond acceptors (Lipinski definition) is 7. The Morgan fingerprint density at radius 3 is 3.00 bits per heavy atom. The van der Waals surface area contributed by atoms with Crippen molar-refractivity contribution in [1.82, 2.24) is 30.0 Å². The highest BCUT2D eigenvalue weighted by atomic mass is 32.2. The summed E-state index contributed by atoms with van der Waals surface area (Å²) in [6, 6.07) is 3.69. The second kappa shape index (κ2) is 7.05. The monoisotopic (exact) mass is 330 g/mol. The number of thioether (sulfide) groups is 1. The lowest BCUT2D eigenvalue weighted by atomic mass is 10.4. The van der Waals surface area contributed by atoms with Gasteiger partial charge >= 0.3 is 0 Å². The van der Waals surface area contributed by atoms with E-state index in [1.54, 1.807) is 31.9 Å². The Labute approximate surface area is 136 Å². The van der Waals surface area contributed by atoms with Crippen LogP contribution in [0.15, 0.2) is 46.6 Å². The molecular formula is C14H14N6O2S. The minimum Gasteiger partial charge on any atom is -0.467 e. The number of hydrogen-bond donors (Lipinski definition) is 1. The van der Waals surface area contributed by atoms with Crippen LogP contribution in [-0.2, 0) is 11.3 Å². The van der Waals surface area contributed by atoms with Gasteiger partial charge in [-0.1, -0.05) is 11.8 Å². The normalized spacial score (nSPS) is 10.7. The van der Waals surface area contributed by atoms with Crippen LogP contribution in [0.2, 0.25) is 0 Å². The van der Waals surface area contributed by atoms with Crippen molar-refractivity contribution in [1.29, 1.82) is 0 Å². The summed E-state index contributed by atoms with van der Waals surface area (Å²) in [6.45, 7) is 0.446. The Morgan fingerprint density at radius 2 is 2.30 bits per heavy atom. The largest absolute Gasteiger partial charge is 0.467 e. The minimum atomic E-state index is -0.0800. The first-order valence-corrected chi connectivity index (χ1v) is 7.82. The zero-order valence-corrected chi connectivity index (χ0v) is 13.2. The summed E-state index contributed by atoms with van der Waals surface area (Å²) in [5.74, 6) is 1.52. The van der Waals surface area contributed by atoms with Crippen LogP contribution in [0.25, 0.3) is 11.5 Å². The van der Waals surface area contributed by atoms with Crippen LogP contribution < -0.4 is 5.32 Å². The minimum absolute atomic E-state index is 0.0800. The quantitative estimate of drug-likeness (QED) is 0.678. The van der Waals surface area contributed by atoms with Gasteiger partial charge in [-0.25, -0.2) is 4.98 Å². The lowest BCUT2D eigenvalue weighted by Crippen LogP contribution is -2.20. The van der Waals surface area contributed by atoms with Gasteiger partial charge in [0.2, 0.25) is 5.91 Å². The van der Waals surface area contributed by atoms with E-state index >= 15 is 0 Å². The Balaban J connectivity index is 1.93. The molecule has 1 amide bonds. The number of aromatic nitrogens is 5. The van der Waals surface area contributed by atoms with Gasteiger partial charge in [0.1, 0.15) is 11.5 Å². The molecule has 0 saturated carbocycles. The molecule has 0 bridgehead atoms. The van der Waals surface area contributed by atoms with Gasteiger partial charge in [0, 0.05) is 19.4 Å². The molecule has 3 aromatic heterocycles. The fraction of sp³-hybridized carbons (Fsp3) is 0.214. The van der Waals surface area contributed by atoms with Crippen LogP contribution in [0.4, 0.5) is 0 Å². The third-order valence-corrected chi connectivity index (χ3v) is 3.98. The predicted molar refractivity (Wildman–Crippen MR) is 83.6 cm³/mol. The average molecular weight is 330 g/mol. The van der Waals surface area contributed by atoms with Gasteiger partial charge in [-0.05, 0) is 12.1 Å². The van der Waals surface area contributed by atoms with E-state index in [0.717, 1.165) is 5.76 Å². The number of rotatable bonds is 6. The maximum absolute atomic E-state index is 11.5. The number of amides is 1. The molecule has 118 valence electrons. The lowest BCUT2D eigenvalue weighted by molar-refractivity contribution is -0.118. The van der Waals surface area contributed by atoms with Gasteiger partial charge in [0.15, 0.2) is 11.0 Å². The maximum atomic E-state index is 11.5. The number of nitrogens with one attached hydrogen (secondary N) is 1. The van der Waals surface area contributed by atoms with Crippen LogP contribution in [0.1, 0.15) is 5.76 Å². The Morgan fingerprint density at radius 1 is 1.39 bits per heavy atom.